The molecule has 2 fully saturated rings. The van der Waals surface area contributed by atoms with Crippen LogP contribution in [0, 0.1) is 17.8 Å². The van der Waals surface area contributed by atoms with E-state index in [9.17, 15) is 4.79 Å². The molecule has 0 unspecified atom stereocenters. The molecular formula is C42H54O6S. The molecule has 49 heavy (non-hydrogen) atoms. The van der Waals surface area contributed by atoms with E-state index in [1.165, 1.54) is 18.2 Å². The molecule has 5 rings (SSSR count). The van der Waals surface area contributed by atoms with Crippen molar-refractivity contribution in [2.75, 3.05) is 6.61 Å². The third-order valence-electron chi connectivity index (χ3n) is 9.70. The Hall–Kier alpha value is -2.78. The summed E-state index contributed by atoms with van der Waals surface area (Å²) in [4.78, 5) is 13.5. The van der Waals surface area contributed by atoms with Gasteiger partial charge in [0, 0.05) is 4.91 Å². The van der Waals surface area contributed by atoms with Crippen LogP contribution in [0.3, 0.4) is 0 Å². The number of Topliss-reactive ketones (excluding diaryl/α,β-unsaturated/α-hetero) is 1. The van der Waals surface area contributed by atoms with E-state index in [0.717, 1.165) is 29.5 Å². The van der Waals surface area contributed by atoms with Crippen LogP contribution in [0.4, 0.5) is 0 Å². The Morgan fingerprint density at radius 1 is 0.837 bits per heavy atom. The topological polar surface area (TPSA) is 63.2 Å². The number of benzene rings is 3. The fourth-order valence-electron chi connectivity index (χ4n) is 6.98. The second-order valence-electron chi connectivity index (χ2n) is 13.9. The van der Waals surface area contributed by atoms with Gasteiger partial charge in [-0.05, 0) is 61.1 Å². The first-order valence-electron chi connectivity index (χ1n) is 17.9. The minimum Gasteiger partial charge on any atom is -0.374 e. The first-order chi connectivity index (χ1) is 23.8. The Labute approximate surface area is 297 Å². The molecular weight excluding hydrogens is 633 g/mol. The van der Waals surface area contributed by atoms with Gasteiger partial charge in [0.05, 0.1) is 37.8 Å². The number of ether oxygens (including phenoxy) is 5. The molecule has 1 heterocycles. The maximum Gasteiger partial charge on any atom is 0.173 e. The lowest BCUT2D eigenvalue weighted by molar-refractivity contribution is -0.291. The van der Waals surface area contributed by atoms with Gasteiger partial charge in [0.1, 0.15) is 18.3 Å². The molecule has 3 aromatic rings. The van der Waals surface area contributed by atoms with Crippen molar-refractivity contribution >= 4 is 17.5 Å². The van der Waals surface area contributed by atoms with E-state index in [4.69, 9.17) is 23.7 Å². The van der Waals surface area contributed by atoms with E-state index in [1.807, 2.05) is 67.6 Å². The summed E-state index contributed by atoms with van der Waals surface area (Å²) in [5.74, 6) is 1.47. The zero-order chi connectivity index (χ0) is 34.6. The molecule has 264 valence electrons. The van der Waals surface area contributed by atoms with Gasteiger partial charge in [0.25, 0.3) is 0 Å². The van der Waals surface area contributed by atoms with Gasteiger partial charge in [-0.2, -0.15) is 0 Å². The minimum absolute atomic E-state index is 0.00877. The highest BCUT2D eigenvalue weighted by Gasteiger charge is 2.50. The van der Waals surface area contributed by atoms with Gasteiger partial charge in [-0.25, -0.2) is 0 Å². The summed E-state index contributed by atoms with van der Waals surface area (Å²) in [6.07, 6.45) is 3.15. The maximum absolute atomic E-state index is 12.9. The molecule has 0 N–H and O–H groups in total. The number of allylic oxidation sites excluding steroid dienone is 2. The number of hydrogen-bond donors (Lipinski definition) is 0. The fraction of sp³-hybridized carbons (Fsp3) is 0.500. The normalized spacial score (nSPS) is 27.7. The highest BCUT2D eigenvalue weighted by Crippen LogP contribution is 2.42. The third-order valence-corrected chi connectivity index (χ3v) is 11.2. The predicted molar refractivity (Wildman–Crippen MR) is 197 cm³/mol. The molecule has 1 aliphatic heterocycles. The molecule has 1 saturated carbocycles. The number of carbonyl (C=O) groups is 1. The van der Waals surface area contributed by atoms with Crippen molar-refractivity contribution in [1.29, 1.82) is 0 Å². The van der Waals surface area contributed by atoms with Crippen molar-refractivity contribution in [3.63, 3.8) is 0 Å². The maximum atomic E-state index is 12.9. The fourth-order valence-corrected chi connectivity index (χ4v) is 8.19. The second kappa shape index (κ2) is 19.0. The van der Waals surface area contributed by atoms with E-state index in [-0.39, 0.29) is 17.1 Å². The Morgan fingerprint density at radius 3 is 1.92 bits per heavy atom. The van der Waals surface area contributed by atoms with E-state index in [0.29, 0.717) is 49.1 Å². The minimum atomic E-state index is -0.640. The van der Waals surface area contributed by atoms with Crippen molar-refractivity contribution < 1.29 is 28.5 Å². The van der Waals surface area contributed by atoms with Crippen molar-refractivity contribution in [2.45, 2.75) is 110 Å². The van der Waals surface area contributed by atoms with Gasteiger partial charge in [0.15, 0.2) is 12.1 Å². The molecule has 0 bridgehead atoms. The molecule has 3 aromatic carbocycles. The highest BCUT2D eigenvalue weighted by atomic mass is 32.2. The summed E-state index contributed by atoms with van der Waals surface area (Å²) in [5.41, 5.74) is 3.21. The van der Waals surface area contributed by atoms with Crippen molar-refractivity contribution in [3.8, 4) is 0 Å². The van der Waals surface area contributed by atoms with Gasteiger partial charge >= 0.3 is 0 Å². The Bertz CT molecular complexity index is 1430. The number of carbonyl (C=O) groups excluding carboxylic acids is 1. The monoisotopic (exact) mass is 686 g/mol. The van der Waals surface area contributed by atoms with Crippen LogP contribution in [0.1, 0.15) is 70.6 Å². The average molecular weight is 687 g/mol. The first kappa shape index (κ1) is 37.5. The van der Waals surface area contributed by atoms with Crippen LogP contribution in [-0.2, 0) is 48.3 Å². The van der Waals surface area contributed by atoms with Crippen LogP contribution < -0.4 is 0 Å². The van der Waals surface area contributed by atoms with Crippen molar-refractivity contribution in [2.24, 2.45) is 17.8 Å². The number of hydrogen-bond acceptors (Lipinski definition) is 7. The second-order valence-corrected chi connectivity index (χ2v) is 15.1. The lowest BCUT2D eigenvalue weighted by atomic mass is 9.75. The van der Waals surface area contributed by atoms with Gasteiger partial charge < -0.3 is 23.7 Å². The molecule has 0 radical (unpaired) electrons. The Kier molecular flexibility index (Phi) is 14.5. The summed E-state index contributed by atoms with van der Waals surface area (Å²) in [5, 5.41) is -0.366. The molecule has 1 saturated heterocycles. The zero-order valence-corrected chi connectivity index (χ0v) is 30.6. The van der Waals surface area contributed by atoms with Crippen molar-refractivity contribution in [1.82, 2.24) is 0 Å². The third kappa shape index (κ3) is 10.9. The summed E-state index contributed by atoms with van der Waals surface area (Å²) < 4.78 is 34.2. The lowest BCUT2D eigenvalue weighted by Crippen LogP contribution is -2.61. The standard InChI is InChI=1S/C42H54O6S/c1-6-38(31(5)43)49-41-40(46-27-34-20-14-9-15-21-34)39(45-26-33-18-12-8-13-19-33)37(28-44-25-32-16-10-7-11-17-32)48-42(41)47-36-24-30(4)22-23-35(36)29(2)3/h6-21,29-30,35-37,39-42H,22-28H2,1-5H3/b38-6-/t30-,35+,36-,37-,39+,40+,41-,42-/m1/s1. The molecule has 1 aliphatic carbocycles. The largest absolute Gasteiger partial charge is 0.374 e. The molecule has 2 aliphatic rings. The zero-order valence-electron chi connectivity index (χ0n) is 29.7. The summed E-state index contributed by atoms with van der Waals surface area (Å²) in [7, 11) is 0. The molecule has 6 nitrogen and oxygen atoms in total. The summed E-state index contributed by atoms with van der Waals surface area (Å²) in [6.45, 7) is 11.9. The molecule has 7 heteroatoms. The quantitative estimate of drug-likeness (QED) is 0.139. The Morgan fingerprint density at radius 2 is 1.39 bits per heavy atom. The molecule has 0 spiro atoms. The first-order valence-corrected chi connectivity index (χ1v) is 18.8. The van der Waals surface area contributed by atoms with Gasteiger partial charge in [-0.3, -0.25) is 4.79 Å². The van der Waals surface area contributed by atoms with Crippen LogP contribution in [0.2, 0.25) is 0 Å². The highest BCUT2D eigenvalue weighted by molar-refractivity contribution is 8.04. The summed E-state index contributed by atoms with van der Waals surface area (Å²) in [6, 6.07) is 30.5. The van der Waals surface area contributed by atoms with E-state index in [2.05, 4.69) is 57.2 Å². The van der Waals surface area contributed by atoms with Crippen LogP contribution >= 0.6 is 11.8 Å². The van der Waals surface area contributed by atoms with Crippen molar-refractivity contribution in [3.05, 3.63) is 119 Å². The van der Waals surface area contributed by atoms with Gasteiger partial charge in [-0.1, -0.05) is 124 Å². The van der Waals surface area contributed by atoms with E-state index < -0.39 is 24.6 Å². The predicted octanol–water partition coefficient (Wildman–Crippen LogP) is 9.17. The van der Waals surface area contributed by atoms with E-state index in [1.54, 1.807) is 6.92 Å². The molecule has 0 aromatic heterocycles. The summed E-state index contributed by atoms with van der Waals surface area (Å²) >= 11 is 1.49. The van der Waals surface area contributed by atoms with Crippen LogP contribution in [0.25, 0.3) is 0 Å². The van der Waals surface area contributed by atoms with Gasteiger partial charge in [0.2, 0.25) is 0 Å². The Balaban J connectivity index is 1.51. The van der Waals surface area contributed by atoms with Crippen LogP contribution in [0.15, 0.2) is 102 Å². The van der Waals surface area contributed by atoms with Crippen LogP contribution in [-0.4, -0.2) is 48.3 Å². The number of rotatable bonds is 16. The lowest BCUT2D eigenvalue weighted by Gasteiger charge is -2.48. The number of ketones is 1. The van der Waals surface area contributed by atoms with Gasteiger partial charge in [-0.15, -0.1) is 11.8 Å². The molecule has 8 atom stereocenters. The number of thioether (sulfide) groups is 1. The molecule has 0 amide bonds. The van der Waals surface area contributed by atoms with E-state index >= 15 is 0 Å². The smallest absolute Gasteiger partial charge is 0.173 e. The SMILES string of the molecule is C/C=C(\S[C@H]1[C@H](O[C@@H]2C[C@H](C)CC[C@H]2C(C)C)O[C@H](COCc2ccccc2)[C@H](OCc2ccccc2)[C@@H]1OCc1ccccc1)C(C)=O. The average Bonchev–Trinajstić information content (AvgIpc) is 3.11. The van der Waals surface area contributed by atoms with Crippen LogP contribution in [0.5, 0.6) is 0 Å².